The molecule has 3 nitrogen and oxygen atoms in total. The van der Waals surface area contributed by atoms with Crippen LogP contribution < -0.4 is 5.32 Å². The van der Waals surface area contributed by atoms with Crippen LogP contribution in [0.3, 0.4) is 0 Å². The molecule has 0 saturated carbocycles. The number of pyridine rings is 1. The van der Waals surface area contributed by atoms with Gasteiger partial charge in [0.25, 0.3) is 0 Å². The van der Waals surface area contributed by atoms with E-state index >= 15 is 0 Å². The van der Waals surface area contributed by atoms with Crippen LogP contribution in [0.4, 0.5) is 11.5 Å². The van der Waals surface area contributed by atoms with Crippen LogP contribution in [0.2, 0.25) is 0 Å². The summed E-state index contributed by atoms with van der Waals surface area (Å²) < 4.78 is 2.14. The Morgan fingerprint density at radius 2 is 1.44 bits per heavy atom. The van der Waals surface area contributed by atoms with E-state index in [-0.39, 0.29) is 0 Å². The third kappa shape index (κ3) is 2.68. The molecule has 0 atom stereocenters. The van der Waals surface area contributed by atoms with Crippen molar-refractivity contribution in [1.82, 2.24) is 9.38 Å². The number of hydrogen-bond donors (Lipinski definition) is 1. The number of anilines is 2. The van der Waals surface area contributed by atoms with Gasteiger partial charge < -0.3 is 5.32 Å². The lowest BCUT2D eigenvalue weighted by Crippen LogP contribution is -2.00. The highest BCUT2D eigenvalue weighted by atomic mass is 15.1. The predicted molar refractivity (Wildman–Crippen MR) is 105 cm³/mol. The Morgan fingerprint density at radius 3 is 2.16 bits per heavy atom. The summed E-state index contributed by atoms with van der Waals surface area (Å²) in [5.74, 6) is 1.00. The standard InChI is InChI=1S/C22H21N3/c1-15-9-7-10-16(2)19(15)23-22-20(18-12-5-4-6-13-18)24-21-17(3)11-8-14-25(21)22/h4-14,23H,1-3H3. The number of imidazole rings is 1. The van der Waals surface area contributed by atoms with Crippen molar-refractivity contribution in [2.75, 3.05) is 5.32 Å². The van der Waals surface area contributed by atoms with Gasteiger partial charge >= 0.3 is 0 Å². The van der Waals surface area contributed by atoms with E-state index in [1.54, 1.807) is 0 Å². The molecule has 0 aliphatic heterocycles. The van der Waals surface area contributed by atoms with Crippen molar-refractivity contribution < 1.29 is 0 Å². The summed E-state index contributed by atoms with van der Waals surface area (Å²) in [7, 11) is 0. The first-order chi connectivity index (χ1) is 12.1. The summed E-state index contributed by atoms with van der Waals surface area (Å²) in [5.41, 5.74) is 7.81. The molecule has 0 radical (unpaired) electrons. The van der Waals surface area contributed by atoms with Crippen LogP contribution in [-0.2, 0) is 0 Å². The molecule has 2 aromatic heterocycles. The van der Waals surface area contributed by atoms with Gasteiger partial charge in [0.05, 0.1) is 0 Å². The Hall–Kier alpha value is -3.07. The lowest BCUT2D eigenvalue weighted by atomic mass is 10.1. The van der Waals surface area contributed by atoms with Gasteiger partial charge in [-0.3, -0.25) is 4.40 Å². The molecule has 0 saturated heterocycles. The molecule has 1 N–H and O–H groups in total. The number of nitrogens with one attached hydrogen (secondary N) is 1. The lowest BCUT2D eigenvalue weighted by molar-refractivity contribution is 1.16. The fourth-order valence-corrected chi connectivity index (χ4v) is 3.25. The number of benzene rings is 2. The largest absolute Gasteiger partial charge is 0.339 e. The highest BCUT2D eigenvalue weighted by Gasteiger charge is 2.16. The second-order valence-corrected chi connectivity index (χ2v) is 6.45. The van der Waals surface area contributed by atoms with E-state index in [1.165, 1.54) is 11.1 Å². The van der Waals surface area contributed by atoms with Crippen LogP contribution in [0.1, 0.15) is 16.7 Å². The van der Waals surface area contributed by atoms with Gasteiger partial charge in [-0.2, -0.15) is 0 Å². The first-order valence-corrected chi connectivity index (χ1v) is 8.51. The fraction of sp³-hybridized carbons (Fsp3) is 0.136. The Bertz CT molecular complexity index is 1030. The van der Waals surface area contributed by atoms with Crippen molar-refractivity contribution in [3.63, 3.8) is 0 Å². The molecule has 4 rings (SSSR count). The highest BCUT2D eigenvalue weighted by molar-refractivity contribution is 5.81. The Balaban J connectivity index is 1.97. The molecule has 3 heteroatoms. The molecular formula is C22H21N3. The average Bonchev–Trinajstić information content (AvgIpc) is 2.99. The van der Waals surface area contributed by atoms with Gasteiger partial charge in [-0.15, -0.1) is 0 Å². The van der Waals surface area contributed by atoms with Gasteiger partial charge in [0.1, 0.15) is 17.2 Å². The van der Waals surface area contributed by atoms with Crippen LogP contribution in [0.15, 0.2) is 66.9 Å². The molecule has 0 unspecified atom stereocenters. The first kappa shape index (κ1) is 15.5. The van der Waals surface area contributed by atoms with Crippen molar-refractivity contribution in [3.05, 3.63) is 83.6 Å². The zero-order valence-corrected chi connectivity index (χ0v) is 14.7. The molecule has 0 amide bonds. The van der Waals surface area contributed by atoms with E-state index in [4.69, 9.17) is 4.98 Å². The molecule has 2 heterocycles. The maximum atomic E-state index is 4.94. The molecule has 0 spiro atoms. The van der Waals surface area contributed by atoms with Gasteiger partial charge in [-0.1, -0.05) is 54.6 Å². The topological polar surface area (TPSA) is 29.3 Å². The van der Waals surface area contributed by atoms with Crippen molar-refractivity contribution in [1.29, 1.82) is 0 Å². The molecule has 25 heavy (non-hydrogen) atoms. The van der Waals surface area contributed by atoms with Crippen LogP contribution >= 0.6 is 0 Å². The summed E-state index contributed by atoms with van der Waals surface area (Å²) in [6.45, 7) is 6.36. The van der Waals surface area contributed by atoms with Crippen LogP contribution in [-0.4, -0.2) is 9.38 Å². The fourth-order valence-electron chi connectivity index (χ4n) is 3.25. The molecule has 4 aromatic rings. The van der Waals surface area contributed by atoms with Crippen LogP contribution in [0.5, 0.6) is 0 Å². The number of aromatic nitrogens is 2. The number of nitrogens with zero attached hydrogens (tertiary/aromatic N) is 2. The second-order valence-electron chi connectivity index (χ2n) is 6.45. The van der Waals surface area contributed by atoms with Gasteiger partial charge in [0.15, 0.2) is 0 Å². The van der Waals surface area contributed by atoms with Crippen molar-refractivity contribution in [2.45, 2.75) is 20.8 Å². The number of rotatable bonds is 3. The maximum absolute atomic E-state index is 4.94. The van der Waals surface area contributed by atoms with Gasteiger partial charge in [0, 0.05) is 17.4 Å². The molecular weight excluding hydrogens is 306 g/mol. The van der Waals surface area contributed by atoms with Crippen LogP contribution in [0.25, 0.3) is 16.9 Å². The monoisotopic (exact) mass is 327 g/mol. The molecule has 0 aliphatic carbocycles. The molecule has 0 bridgehead atoms. The second kappa shape index (κ2) is 6.10. The Morgan fingerprint density at radius 1 is 0.760 bits per heavy atom. The minimum atomic E-state index is 0.970. The smallest absolute Gasteiger partial charge is 0.143 e. The molecule has 0 aliphatic rings. The zero-order chi connectivity index (χ0) is 17.4. The van der Waals surface area contributed by atoms with Gasteiger partial charge in [-0.05, 0) is 43.5 Å². The van der Waals surface area contributed by atoms with Gasteiger partial charge in [0.2, 0.25) is 0 Å². The van der Waals surface area contributed by atoms with Crippen molar-refractivity contribution in [3.8, 4) is 11.3 Å². The quantitative estimate of drug-likeness (QED) is 0.525. The highest BCUT2D eigenvalue weighted by Crippen LogP contribution is 2.33. The Kier molecular flexibility index (Phi) is 3.77. The number of aryl methyl sites for hydroxylation is 3. The van der Waals surface area contributed by atoms with Crippen molar-refractivity contribution >= 4 is 17.2 Å². The third-order valence-corrected chi connectivity index (χ3v) is 4.62. The maximum Gasteiger partial charge on any atom is 0.143 e. The average molecular weight is 327 g/mol. The first-order valence-electron chi connectivity index (χ1n) is 8.51. The molecule has 0 fully saturated rings. The predicted octanol–water partition coefficient (Wildman–Crippen LogP) is 5.67. The number of hydrogen-bond acceptors (Lipinski definition) is 2. The third-order valence-electron chi connectivity index (χ3n) is 4.62. The summed E-state index contributed by atoms with van der Waals surface area (Å²) in [4.78, 5) is 4.94. The van der Waals surface area contributed by atoms with E-state index in [2.05, 4.69) is 91.3 Å². The summed E-state index contributed by atoms with van der Waals surface area (Å²) in [6, 6.07) is 20.9. The van der Waals surface area contributed by atoms with E-state index in [0.717, 1.165) is 34.0 Å². The minimum absolute atomic E-state index is 0.970. The van der Waals surface area contributed by atoms with Crippen molar-refractivity contribution in [2.24, 2.45) is 0 Å². The Labute approximate surface area is 148 Å². The number of fused-ring (bicyclic) bond motifs is 1. The van der Waals surface area contributed by atoms with E-state index in [1.807, 2.05) is 6.07 Å². The van der Waals surface area contributed by atoms with E-state index in [9.17, 15) is 0 Å². The normalized spacial score (nSPS) is 11.0. The molecule has 124 valence electrons. The molecule has 2 aromatic carbocycles. The van der Waals surface area contributed by atoms with Crippen LogP contribution in [0, 0.1) is 20.8 Å². The lowest BCUT2D eigenvalue weighted by Gasteiger charge is -2.14. The summed E-state index contributed by atoms with van der Waals surface area (Å²) in [5, 5.41) is 3.66. The summed E-state index contributed by atoms with van der Waals surface area (Å²) in [6.07, 6.45) is 2.07. The van der Waals surface area contributed by atoms with Gasteiger partial charge in [-0.25, -0.2) is 4.98 Å². The van der Waals surface area contributed by atoms with E-state index < -0.39 is 0 Å². The SMILES string of the molecule is Cc1cccc(C)c1Nc1c(-c2ccccc2)nc2c(C)cccn12. The summed E-state index contributed by atoms with van der Waals surface area (Å²) >= 11 is 0. The minimum Gasteiger partial charge on any atom is -0.339 e. The zero-order valence-electron chi connectivity index (χ0n) is 14.7. The van der Waals surface area contributed by atoms with E-state index in [0.29, 0.717) is 0 Å². The number of para-hydroxylation sites is 1.